The van der Waals surface area contributed by atoms with Gasteiger partial charge in [0.2, 0.25) is 0 Å². The fourth-order valence-corrected chi connectivity index (χ4v) is 2.19. The lowest BCUT2D eigenvalue weighted by molar-refractivity contribution is -0.148. The molecule has 1 rings (SSSR count). The first-order valence-electron chi connectivity index (χ1n) is 5.97. The predicted molar refractivity (Wildman–Crippen MR) is 63.9 cm³/mol. The van der Waals surface area contributed by atoms with Crippen LogP contribution in [-0.2, 0) is 4.74 Å². The Balaban J connectivity index is 2.51. The summed E-state index contributed by atoms with van der Waals surface area (Å²) < 4.78 is 5.69. The molecule has 1 fully saturated rings. The van der Waals surface area contributed by atoms with Gasteiger partial charge in [-0.3, -0.25) is 0 Å². The molecular weight excluding hydrogens is 188 g/mol. The van der Waals surface area contributed by atoms with Crippen molar-refractivity contribution in [1.29, 1.82) is 0 Å². The molecule has 2 unspecified atom stereocenters. The Bertz CT molecular complexity index is 216. The molecule has 0 aromatic heterocycles. The summed E-state index contributed by atoms with van der Waals surface area (Å²) in [6.45, 7) is 12.4. The molecule has 0 aromatic carbocycles. The number of rotatable bonds is 5. The molecule has 0 heterocycles. The minimum atomic E-state index is -0.114. The molecule has 3 heteroatoms. The van der Waals surface area contributed by atoms with Crippen molar-refractivity contribution in [3.8, 4) is 0 Å². The van der Waals surface area contributed by atoms with Gasteiger partial charge >= 0.3 is 0 Å². The van der Waals surface area contributed by atoms with Gasteiger partial charge in [-0.25, -0.2) is 0 Å². The zero-order valence-corrected chi connectivity index (χ0v) is 10.8. The smallest absolute Gasteiger partial charge is 0.0662 e. The van der Waals surface area contributed by atoms with E-state index in [0.717, 1.165) is 19.6 Å². The van der Waals surface area contributed by atoms with Crippen molar-refractivity contribution in [2.75, 3.05) is 13.2 Å². The van der Waals surface area contributed by atoms with Gasteiger partial charge in [-0.05, 0) is 13.3 Å². The van der Waals surface area contributed by atoms with Crippen LogP contribution in [0.5, 0.6) is 0 Å². The highest BCUT2D eigenvalue weighted by molar-refractivity contribution is 5.14. The molecule has 1 saturated carbocycles. The van der Waals surface area contributed by atoms with Gasteiger partial charge in [-0.15, -0.1) is 0 Å². The van der Waals surface area contributed by atoms with Crippen LogP contribution in [0.1, 0.15) is 41.0 Å². The van der Waals surface area contributed by atoms with Gasteiger partial charge in [0.1, 0.15) is 0 Å². The topological polar surface area (TPSA) is 47.3 Å². The molecule has 15 heavy (non-hydrogen) atoms. The first-order chi connectivity index (χ1) is 6.83. The van der Waals surface area contributed by atoms with Crippen molar-refractivity contribution < 1.29 is 4.74 Å². The first kappa shape index (κ1) is 12.9. The second kappa shape index (κ2) is 4.40. The van der Waals surface area contributed by atoms with Crippen LogP contribution in [0.25, 0.3) is 0 Å². The Kier molecular flexibility index (Phi) is 3.80. The number of nitrogens with one attached hydrogen (secondary N) is 1. The van der Waals surface area contributed by atoms with Crippen LogP contribution in [0.2, 0.25) is 0 Å². The van der Waals surface area contributed by atoms with Crippen LogP contribution in [0.4, 0.5) is 0 Å². The molecule has 2 atom stereocenters. The van der Waals surface area contributed by atoms with Crippen molar-refractivity contribution in [3.05, 3.63) is 0 Å². The van der Waals surface area contributed by atoms with E-state index < -0.39 is 0 Å². The van der Waals surface area contributed by atoms with E-state index in [4.69, 9.17) is 10.5 Å². The van der Waals surface area contributed by atoms with E-state index >= 15 is 0 Å². The maximum absolute atomic E-state index is 6.41. The van der Waals surface area contributed by atoms with Crippen LogP contribution < -0.4 is 11.1 Å². The van der Waals surface area contributed by atoms with Crippen LogP contribution in [-0.4, -0.2) is 30.8 Å². The van der Waals surface area contributed by atoms with Gasteiger partial charge in [0.25, 0.3) is 0 Å². The van der Waals surface area contributed by atoms with Crippen LogP contribution in [0.15, 0.2) is 0 Å². The molecule has 1 aliphatic rings. The summed E-state index contributed by atoms with van der Waals surface area (Å²) in [6, 6.07) is 0.493. The zero-order chi connectivity index (χ0) is 11.7. The average molecular weight is 214 g/mol. The third-order valence-electron chi connectivity index (χ3n) is 3.83. The Labute approximate surface area is 93.8 Å². The number of nitrogens with two attached hydrogens (primary N) is 1. The Morgan fingerprint density at radius 2 is 2.07 bits per heavy atom. The molecule has 0 amide bonds. The third kappa shape index (κ3) is 2.35. The summed E-state index contributed by atoms with van der Waals surface area (Å²) in [4.78, 5) is 0. The van der Waals surface area contributed by atoms with Crippen LogP contribution in [0.3, 0.4) is 0 Å². The second-order valence-corrected chi connectivity index (χ2v) is 5.56. The van der Waals surface area contributed by atoms with Gasteiger partial charge in [0.05, 0.1) is 6.10 Å². The van der Waals surface area contributed by atoms with Crippen molar-refractivity contribution in [1.82, 2.24) is 5.32 Å². The maximum atomic E-state index is 6.41. The standard InChI is InChI=1S/C12H26N2O/c1-6-15-10-7-12(13,11(10,4)5)8-14-9(2)3/h9-10,14H,6-8,13H2,1-5H3. The zero-order valence-electron chi connectivity index (χ0n) is 10.8. The molecule has 0 saturated heterocycles. The molecule has 0 spiro atoms. The molecule has 0 aliphatic heterocycles. The van der Waals surface area contributed by atoms with Crippen molar-refractivity contribution in [2.24, 2.45) is 11.1 Å². The summed E-state index contributed by atoms with van der Waals surface area (Å²) >= 11 is 0. The van der Waals surface area contributed by atoms with Gasteiger partial charge in [0, 0.05) is 30.1 Å². The summed E-state index contributed by atoms with van der Waals surface area (Å²) in [7, 11) is 0. The van der Waals surface area contributed by atoms with Crippen LogP contribution in [0, 0.1) is 5.41 Å². The molecule has 3 N–H and O–H groups in total. The highest BCUT2D eigenvalue weighted by atomic mass is 16.5. The lowest BCUT2D eigenvalue weighted by Gasteiger charge is -2.59. The number of hydrogen-bond donors (Lipinski definition) is 2. The summed E-state index contributed by atoms with van der Waals surface area (Å²) in [5.41, 5.74) is 6.37. The molecule has 0 radical (unpaired) electrons. The van der Waals surface area contributed by atoms with E-state index in [1.54, 1.807) is 0 Å². The quantitative estimate of drug-likeness (QED) is 0.729. The molecule has 1 aliphatic carbocycles. The Morgan fingerprint density at radius 3 is 2.47 bits per heavy atom. The molecule has 0 aromatic rings. The highest BCUT2D eigenvalue weighted by Gasteiger charge is 2.58. The Morgan fingerprint density at radius 1 is 1.47 bits per heavy atom. The summed E-state index contributed by atoms with van der Waals surface area (Å²) in [5.74, 6) is 0. The average Bonchev–Trinajstić information content (AvgIpc) is 2.14. The lowest BCUT2D eigenvalue weighted by Crippen LogP contribution is -2.73. The number of hydrogen-bond acceptors (Lipinski definition) is 3. The van der Waals surface area contributed by atoms with E-state index in [1.807, 2.05) is 6.92 Å². The van der Waals surface area contributed by atoms with Gasteiger partial charge in [0.15, 0.2) is 0 Å². The van der Waals surface area contributed by atoms with Crippen molar-refractivity contribution >= 4 is 0 Å². The third-order valence-corrected chi connectivity index (χ3v) is 3.83. The summed E-state index contributed by atoms with van der Waals surface area (Å²) in [6.07, 6.45) is 1.29. The maximum Gasteiger partial charge on any atom is 0.0662 e. The fraction of sp³-hybridized carbons (Fsp3) is 1.00. The minimum absolute atomic E-state index is 0.0743. The van der Waals surface area contributed by atoms with E-state index in [1.165, 1.54) is 0 Å². The van der Waals surface area contributed by atoms with E-state index in [0.29, 0.717) is 12.1 Å². The Hall–Kier alpha value is -0.120. The molecular formula is C12H26N2O. The van der Waals surface area contributed by atoms with E-state index in [2.05, 4.69) is 33.0 Å². The van der Waals surface area contributed by atoms with Gasteiger partial charge in [-0.2, -0.15) is 0 Å². The van der Waals surface area contributed by atoms with E-state index in [9.17, 15) is 0 Å². The SMILES string of the molecule is CCOC1CC(N)(CNC(C)C)C1(C)C. The van der Waals surface area contributed by atoms with Gasteiger partial charge in [-0.1, -0.05) is 27.7 Å². The van der Waals surface area contributed by atoms with Crippen LogP contribution >= 0.6 is 0 Å². The largest absolute Gasteiger partial charge is 0.378 e. The summed E-state index contributed by atoms with van der Waals surface area (Å²) in [5, 5.41) is 3.43. The predicted octanol–water partition coefficient (Wildman–Crippen LogP) is 1.52. The molecule has 0 bridgehead atoms. The number of ether oxygens (including phenoxy) is 1. The van der Waals surface area contributed by atoms with Gasteiger partial charge < -0.3 is 15.8 Å². The molecule has 3 nitrogen and oxygen atoms in total. The minimum Gasteiger partial charge on any atom is -0.378 e. The van der Waals surface area contributed by atoms with Crippen molar-refractivity contribution in [2.45, 2.75) is 58.7 Å². The first-order valence-corrected chi connectivity index (χ1v) is 5.97. The normalized spacial score (nSPS) is 34.2. The second-order valence-electron chi connectivity index (χ2n) is 5.56. The lowest BCUT2D eigenvalue weighted by atomic mass is 9.54. The molecule has 90 valence electrons. The van der Waals surface area contributed by atoms with Crippen molar-refractivity contribution in [3.63, 3.8) is 0 Å². The fourth-order valence-electron chi connectivity index (χ4n) is 2.19. The monoisotopic (exact) mass is 214 g/mol. The van der Waals surface area contributed by atoms with E-state index in [-0.39, 0.29) is 11.0 Å². The highest BCUT2D eigenvalue weighted by Crippen LogP contribution is 2.49.